The minimum absolute atomic E-state index is 0.0389. The number of rotatable bonds is 4. The number of alkyl halides is 3. The van der Waals surface area contributed by atoms with E-state index in [1.54, 1.807) is 12.1 Å². The van der Waals surface area contributed by atoms with Crippen molar-refractivity contribution in [2.45, 2.75) is 39.0 Å². The second kappa shape index (κ2) is 5.61. The summed E-state index contributed by atoms with van der Waals surface area (Å²) in [6, 6.07) is 6.67. The van der Waals surface area contributed by atoms with E-state index < -0.39 is 12.8 Å². The minimum atomic E-state index is -4.31. The Balaban J connectivity index is 2.57. The lowest BCUT2D eigenvalue weighted by molar-refractivity contribution is -0.153. The van der Waals surface area contributed by atoms with Crippen LogP contribution in [0, 0.1) is 0 Å². The summed E-state index contributed by atoms with van der Waals surface area (Å²) in [6.45, 7) is 5.40. The van der Waals surface area contributed by atoms with Crippen LogP contribution in [-0.2, 0) is 6.54 Å². The number of hydrogen-bond acceptors (Lipinski definition) is 2. The number of halogens is 3. The van der Waals surface area contributed by atoms with Crippen LogP contribution >= 0.6 is 0 Å². The van der Waals surface area contributed by atoms with Gasteiger partial charge in [-0.1, -0.05) is 12.1 Å². The van der Waals surface area contributed by atoms with E-state index in [1.165, 1.54) is 6.07 Å². The van der Waals surface area contributed by atoms with Gasteiger partial charge in [0.2, 0.25) is 0 Å². The molecule has 18 heavy (non-hydrogen) atoms. The molecule has 0 saturated heterocycles. The molecule has 0 unspecified atom stereocenters. The van der Waals surface area contributed by atoms with Gasteiger partial charge in [0.1, 0.15) is 5.75 Å². The Morgan fingerprint density at radius 3 is 2.39 bits per heavy atom. The third kappa shape index (κ3) is 6.49. The first kappa shape index (κ1) is 14.8. The highest BCUT2D eigenvalue weighted by atomic mass is 19.4. The minimum Gasteiger partial charge on any atom is -0.484 e. The molecule has 0 aliphatic rings. The molecule has 0 aliphatic heterocycles. The fourth-order valence-electron chi connectivity index (χ4n) is 1.28. The Labute approximate surface area is 105 Å². The van der Waals surface area contributed by atoms with Crippen molar-refractivity contribution in [3.63, 3.8) is 0 Å². The van der Waals surface area contributed by atoms with E-state index in [-0.39, 0.29) is 11.3 Å². The first-order chi connectivity index (χ1) is 8.16. The molecule has 0 atom stereocenters. The zero-order valence-electron chi connectivity index (χ0n) is 10.8. The summed E-state index contributed by atoms with van der Waals surface area (Å²) in [6.07, 6.45) is -4.31. The Bertz CT molecular complexity index is 349. The van der Waals surface area contributed by atoms with Crippen molar-refractivity contribution in [1.29, 1.82) is 0 Å². The van der Waals surface area contributed by atoms with E-state index in [0.29, 0.717) is 6.54 Å². The van der Waals surface area contributed by atoms with Gasteiger partial charge in [-0.25, -0.2) is 0 Å². The Morgan fingerprint density at radius 1 is 1.17 bits per heavy atom. The second-order valence-corrected chi connectivity index (χ2v) is 5.15. The van der Waals surface area contributed by atoms with Crippen molar-refractivity contribution >= 4 is 0 Å². The van der Waals surface area contributed by atoms with Gasteiger partial charge in [0.05, 0.1) is 0 Å². The van der Waals surface area contributed by atoms with Gasteiger partial charge in [0.25, 0.3) is 0 Å². The van der Waals surface area contributed by atoms with Crippen LogP contribution < -0.4 is 10.1 Å². The molecule has 5 heteroatoms. The van der Waals surface area contributed by atoms with Crippen LogP contribution in [0.2, 0.25) is 0 Å². The highest BCUT2D eigenvalue weighted by Gasteiger charge is 2.28. The lowest BCUT2D eigenvalue weighted by atomic mass is 10.1. The average Bonchev–Trinajstić information content (AvgIpc) is 2.22. The van der Waals surface area contributed by atoms with E-state index in [0.717, 1.165) is 5.56 Å². The van der Waals surface area contributed by atoms with Gasteiger partial charge in [-0.2, -0.15) is 13.2 Å². The normalized spacial score (nSPS) is 12.6. The Morgan fingerprint density at radius 2 is 1.83 bits per heavy atom. The van der Waals surface area contributed by atoms with Crippen LogP contribution in [0.1, 0.15) is 26.3 Å². The van der Waals surface area contributed by atoms with E-state index in [4.69, 9.17) is 4.74 Å². The molecule has 0 aliphatic carbocycles. The summed E-state index contributed by atoms with van der Waals surface area (Å²) in [5, 5.41) is 3.26. The predicted octanol–water partition coefficient (Wildman–Crippen LogP) is 3.52. The summed E-state index contributed by atoms with van der Waals surface area (Å²) in [5.41, 5.74) is 0.854. The van der Waals surface area contributed by atoms with E-state index in [9.17, 15) is 13.2 Å². The first-order valence-electron chi connectivity index (χ1n) is 5.69. The number of ether oxygens (including phenoxy) is 1. The molecule has 1 aromatic rings. The third-order valence-corrected chi connectivity index (χ3v) is 2.12. The lowest BCUT2D eigenvalue weighted by Gasteiger charge is -2.20. The van der Waals surface area contributed by atoms with E-state index in [1.807, 2.05) is 26.8 Å². The molecule has 0 fully saturated rings. The largest absolute Gasteiger partial charge is 0.484 e. The molecule has 102 valence electrons. The van der Waals surface area contributed by atoms with Crippen molar-refractivity contribution < 1.29 is 17.9 Å². The summed E-state index contributed by atoms with van der Waals surface area (Å²) >= 11 is 0. The maximum Gasteiger partial charge on any atom is 0.422 e. The zero-order chi connectivity index (χ0) is 13.8. The van der Waals surface area contributed by atoms with Crippen LogP contribution in [0.4, 0.5) is 13.2 Å². The number of benzene rings is 1. The topological polar surface area (TPSA) is 21.3 Å². The smallest absolute Gasteiger partial charge is 0.422 e. The van der Waals surface area contributed by atoms with Crippen LogP contribution in [0.25, 0.3) is 0 Å². The number of nitrogens with one attached hydrogen (secondary N) is 1. The van der Waals surface area contributed by atoms with Crippen molar-refractivity contribution in [3.8, 4) is 5.75 Å². The molecule has 1 aromatic carbocycles. The maximum absolute atomic E-state index is 12.0. The van der Waals surface area contributed by atoms with Crippen LogP contribution in [0.15, 0.2) is 24.3 Å². The van der Waals surface area contributed by atoms with Crippen LogP contribution in [0.5, 0.6) is 5.75 Å². The molecule has 1 rings (SSSR count). The summed E-state index contributed by atoms with van der Waals surface area (Å²) in [4.78, 5) is 0. The van der Waals surface area contributed by atoms with Gasteiger partial charge >= 0.3 is 6.18 Å². The fraction of sp³-hybridized carbons (Fsp3) is 0.538. The Hall–Kier alpha value is -1.23. The molecule has 0 aromatic heterocycles. The highest BCUT2D eigenvalue weighted by Crippen LogP contribution is 2.19. The fourth-order valence-corrected chi connectivity index (χ4v) is 1.28. The van der Waals surface area contributed by atoms with Crippen LogP contribution in [-0.4, -0.2) is 18.3 Å². The standard InChI is InChI=1S/C13H18F3NO/c1-12(2,3)17-8-10-5-4-6-11(7-10)18-9-13(14,15)16/h4-7,17H,8-9H2,1-3H3. The molecule has 1 N–H and O–H groups in total. The van der Waals surface area contributed by atoms with Gasteiger partial charge in [0.15, 0.2) is 6.61 Å². The average molecular weight is 261 g/mol. The molecular formula is C13H18F3NO. The lowest BCUT2D eigenvalue weighted by Crippen LogP contribution is -2.35. The van der Waals surface area contributed by atoms with Crippen molar-refractivity contribution in [3.05, 3.63) is 29.8 Å². The molecule has 0 bridgehead atoms. The predicted molar refractivity (Wildman–Crippen MR) is 64.6 cm³/mol. The quantitative estimate of drug-likeness (QED) is 0.895. The SMILES string of the molecule is CC(C)(C)NCc1cccc(OCC(F)(F)F)c1. The summed E-state index contributed by atoms with van der Waals surface area (Å²) in [7, 11) is 0. The molecule has 0 heterocycles. The second-order valence-electron chi connectivity index (χ2n) is 5.15. The van der Waals surface area contributed by atoms with Crippen LogP contribution in [0.3, 0.4) is 0 Å². The molecule has 0 amide bonds. The van der Waals surface area contributed by atoms with E-state index in [2.05, 4.69) is 5.32 Å². The third-order valence-electron chi connectivity index (χ3n) is 2.12. The van der Waals surface area contributed by atoms with Gasteiger partial charge in [-0.05, 0) is 38.5 Å². The van der Waals surface area contributed by atoms with Crippen molar-refractivity contribution in [1.82, 2.24) is 5.32 Å². The molecule has 2 nitrogen and oxygen atoms in total. The van der Waals surface area contributed by atoms with Gasteiger partial charge in [-0.15, -0.1) is 0 Å². The molecular weight excluding hydrogens is 243 g/mol. The van der Waals surface area contributed by atoms with Gasteiger partial charge < -0.3 is 10.1 Å². The molecule has 0 radical (unpaired) electrons. The van der Waals surface area contributed by atoms with Gasteiger partial charge in [-0.3, -0.25) is 0 Å². The first-order valence-corrected chi connectivity index (χ1v) is 5.69. The highest BCUT2D eigenvalue weighted by molar-refractivity contribution is 5.28. The monoisotopic (exact) mass is 261 g/mol. The summed E-state index contributed by atoms with van der Waals surface area (Å²) in [5.74, 6) is 0.237. The molecule has 0 saturated carbocycles. The molecule has 0 spiro atoms. The number of hydrogen-bond donors (Lipinski definition) is 1. The van der Waals surface area contributed by atoms with E-state index >= 15 is 0 Å². The van der Waals surface area contributed by atoms with Gasteiger partial charge in [0, 0.05) is 12.1 Å². The maximum atomic E-state index is 12.0. The summed E-state index contributed by atoms with van der Waals surface area (Å²) < 4.78 is 40.7. The van der Waals surface area contributed by atoms with Crippen molar-refractivity contribution in [2.24, 2.45) is 0 Å². The Kier molecular flexibility index (Phi) is 4.62. The zero-order valence-corrected chi connectivity index (χ0v) is 10.8. The van der Waals surface area contributed by atoms with Crippen molar-refractivity contribution in [2.75, 3.05) is 6.61 Å².